The summed E-state index contributed by atoms with van der Waals surface area (Å²) in [6.07, 6.45) is 0.139. The maximum Gasteiger partial charge on any atom is 0.415 e. The van der Waals surface area contributed by atoms with Crippen molar-refractivity contribution >= 4 is 29.4 Å². The van der Waals surface area contributed by atoms with Gasteiger partial charge < -0.3 is 9.47 Å². The van der Waals surface area contributed by atoms with Gasteiger partial charge in [0.25, 0.3) is 11.4 Å². The van der Waals surface area contributed by atoms with Gasteiger partial charge in [-0.2, -0.15) is 0 Å². The molecule has 2 amide bonds. The molecule has 2 aromatic carbocycles. The Labute approximate surface area is 205 Å². The smallest absolute Gasteiger partial charge is 0.415 e. The van der Waals surface area contributed by atoms with E-state index in [4.69, 9.17) is 9.47 Å². The number of nitro groups is 2. The number of carbonyl (C=O) groups is 2. The average Bonchev–Trinajstić information content (AvgIpc) is 3.56. The molecule has 0 bridgehead atoms. The molecule has 0 saturated carbocycles. The lowest BCUT2D eigenvalue weighted by atomic mass is 10.2. The molecule has 188 valence electrons. The summed E-state index contributed by atoms with van der Waals surface area (Å²) in [5.41, 5.74) is 1.11. The van der Waals surface area contributed by atoms with Crippen molar-refractivity contribution in [1.29, 1.82) is 0 Å². The van der Waals surface area contributed by atoms with Crippen molar-refractivity contribution < 1.29 is 28.9 Å². The molecule has 0 aromatic heterocycles. The van der Waals surface area contributed by atoms with E-state index in [9.17, 15) is 29.8 Å². The highest BCUT2D eigenvalue weighted by Gasteiger charge is 2.39. The quantitative estimate of drug-likeness (QED) is 0.414. The first-order valence-electron chi connectivity index (χ1n) is 11.2. The van der Waals surface area contributed by atoms with Gasteiger partial charge in [-0.25, -0.2) is 9.59 Å². The zero-order chi connectivity index (χ0) is 25.7. The molecule has 1 saturated heterocycles. The van der Waals surface area contributed by atoms with Gasteiger partial charge >= 0.3 is 12.2 Å². The van der Waals surface area contributed by atoms with Crippen LogP contribution in [0.1, 0.15) is 24.0 Å². The second kappa shape index (κ2) is 10.8. The molecule has 36 heavy (non-hydrogen) atoms. The van der Waals surface area contributed by atoms with Crippen LogP contribution in [0.5, 0.6) is 0 Å². The van der Waals surface area contributed by atoms with Gasteiger partial charge in [0.1, 0.15) is 19.0 Å². The van der Waals surface area contributed by atoms with E-state index in [-0.39, 0.29) is 24.6 Å². The minimum atomic E-state index is -0.615. The zero-order valence-corrected chi connectivity index (χ0v) is 19.1. The van der Waals surface area contributed by atoms with E-state index in [2.05, 4.69) is 4.99 Å². The zero-order valence-electron chi connectivity index (χ0n) is 19.1. The summed E-state index contributed by atoms with van der Waals surface area (Å²) >= 11 is 0. The fourth-order valence-corrected chi connectivity index (χ4v) is 4.07. The maximum atomic E-state index is 12.8. The molecule has 2 aliphatic rings. The molecule has 2 heterocycles. The predicted octanol–water partition coefficient (Wildman–Crippen LogP) is 3.65. The molecule has 0 radical (unpaired) electrons. The molecule has 0 aliphatic carbocycles. The second-order valence-corrected chi connectivity index (χ2v) is 8.20. The standard InChI is InChI=1S/C23H23N5O8/c29-22(35-14-16-3-7-18(8-4-16)27(31)32)25-12-1-2-20(25)21-24-11-13-26(21)23(30)36-15-17-5-9-19(10-6-17)28(33)34/h3-10,20H,1-2,11-15H2. The second-order valence-electron chi connectivity index (χ2n) is 8.20. The van der Waals surface area contributed by atoms with Crippen LogP contribution in [-0.2, 0) is 22.7 Å². The molecule has 0 spiro atoms. The van der Waals surface area contributed by atoms with Crippen LogP contribution in [0.2, 0.25) is 0 Å². The van der Waals surface area contributed by atoms with Crippen LogP contribution in [-0.4, -0.2) is 63.3 Å². The number of nitrogens with zero attached hydrogens (tertiary/aromatic N) is 5. The SMILES string of the molecule is O=C(OCc1ccc([N+](=O)[O-])cc1)N1CCN=C1C1CCCN1C(=O)OCc1ccc([N+](=O)[O-])cc1. The Bertz CT molecular complexity index is 1180. The van der Waals surface area contributed by atoms with E-state index in [1.54, 1.807) is 0 Å². The maximum absolute atomic E-state index is 12.8. The van der Waals surface area contributed by atoms with Crippen molar-refractivity contribution in [3.05, 3.63) is 79.9 Å². The van der Waals surface area contributed by atoms with Crippen LogP contribution in [0.25, 0.3) is 0 Å². The number of aliphatic imine (C=N–C) groups is 1. The van der Waals surface area contributed by atoms with E-state index < -0.39 is 28.1 Å². The van der Waals surface area contributed by atoms with Crippen LogP contribution < -0.4 is 0 Å². The number of hydrogen-bond donors (Lipinski definition) is 0. The third kappa shape index (κ3) is 5.56. The number of amides is 2. The normalized spacial score (nSPS) is 17.0. The molecular weight excluding hydrogens is 474 g/mol. The number of amidine groups is 1. The summed E-state index contributed by atoms with van der Waals surface area (Å²) in [6.45, 7) is 1.02. The Kier molecular flexibility index (Phi) is 7.37. The number of benzene rings is 2. The van der Waals surface area contributed by atoms with Crippen LogP contribution in [0.3, 0.4) is 0 Å². The third-order valence-corrected chi connectivity index (χ3v) is 5.90. The van der Waals surface area contributed by atoms with Gasteiger partial charge in [0.2, 0.25) is 0 Å². The van der Waals surface area contributed by atoms with Gasteiger partial charge in [-0.05, 0) is 48.2 Å². The van der Waals surface area contributed by atoms with Crippen molar-refractivity contribution in [3.8, 4) is 0 Å². The number of hydrogen-bond acceptors (Lipinski definition) is 9. The number of carbonyl (C=O) groups excluding carboxylic acids is 2. The lowest BCUT2D eigenvalue weighted by molar-refractivity contribution is -0.385. The van der Waals surface area contributed by atoms with Crippen molar-refractivity contribution in [2.45, 2.75) is 32.1 Å². The summed E-state index contributed by atoms with van der Waals surface area (Å²) in [6, 6.07) is 11.0. The van der Waals surface area contributed by atoms with Gasteiger partial charge in [0.05, 0.1) is 29.0 Å². The van der Waals surface area contributed by atoms with Crippen molar-refractivity contribution in [2.24, 2.45) is 4.99 Å². The van der Waals surface area contributed by atoms with E-state index in [0.717, 1.165) is 0 Å². The fourth-order valence-electron chi connectivity index (χ4n) is 4.07. The number of nitro benzene ring substituents is 2. The first-order chi connectivity index (χ1) is 17.3. The van der Waals surface area contributed by atoms with Crippen molar-refractivity contribution in [2.75, 3.05) is 19.6 Å². The topological polar surface area (TPSA) is 158 Å². The van der Waals surface area contributed by atoms with Crippen LogP contribution >= 0.6 is 0 Å². The molecule has 1 fully saturated rings. The van der Waals surface area contributed by atoms with Gasteiger partial charge in [0, 0.05) is 30.8 Å². The van der Waals surface area contributed by atoms with Gasteiger partial charge in [-0.3, -0.25) is 35.0 Å². The minimum absolute atomic E-state index is 0.0481. The molecule has 1 unspecified atom stereocenters. The highest BCUT2D eigenvalue weighted by atomic mass is 16.6. The summed E-state index contributed by atoms with van der Waals surface area (Å²) in [7, 11) is 0. The number of ether oxygens (including phenoxy) is 2. The fraction of sp³-hybridized carbons (Fsp3) is 0.348. The number of likely N-dealkylation sites (tertiary alicyclic amines) is 1. The Hall–Kier alpha value is -4.55. The van der Waals surface area contributed by atoms with E-state index in [1.165, 1.54) is 58.3 Å². The van der Waals surface area contributed by atoms with E-state index in [0.29, 0.717) is 49.4 Å². The summed E-state index contributed by atoms with van der Waals surface area (Å²) < 4.78 is 10.8. The summed E-state index contributed by atoms with van der Waals surface area (Å²) in [4.78, 5) is 53.4. The highest BCUT2D eigenvalue weighted by molar-refractivity contribution is 6.01. The van der Waals surface area contributed by atoms with Crippen LogP contribution in [0.15, 0.2) is 53.5 Å². The van der Waals surface area contributed by atoms with E-state index in [1.807, 2.05) is 0 Å². The largest absolute Gasteiger partial charge is 0.445 e. The molecule has 4 rings (SSSR count). The van der Waals surface area contributed by atoms with Gasteiger partial charge in [-0.1, -0.05) is 0 Å². The van der Waals surface area contributed by atoms with Crippen molar-refractivity contribution in [3.63, 3.8) is 0 Å². The first-order valence-corrected chi connectivity index (χ1v) is 11.2. The Morgan fingerprint density at radius 3 is 1.92 bits per heavy atom. The monoisotopic (exact) mass is 497 g/mol. The Balaban J connectivity index is 1.33. The van der Waals surface area contributed by atoms with Crippen LogP contribution in [0.4, 0.5) is 21.0 Å². The number of rotatable bonds is 7. The molecule has 13 nitrogen and oxygen atoms in total. The van der Waals surface area contributed by atoms with Crippen molar-refractivity contribution in [1.82, 2.24) is 9.80 Å². The highest BCUT2D eigenvalue weighted by Crippen LogP contribution is 2.24. The summed E-state index contributed by atoms with van der Waals surface area (Å²) in [5, 5.41) is 21.6. The lowest BCUT2D eigenvalue weighted by Crippen LogP contribution is -2.48. The lowest BCUT2D eigenvalue weighted by Gasteiger charge is -2.28. The first kappa shape index (κ1) is 24.6. The van der Waals surface area contributed by atoms with Gasteiger partial charge in [0.15, 0.2) is 0 Å². The minimum Gasteiger partial charge on any atom is -0.445 e. The molecule has 1 atom stereocenters. The Morgan fingerprint density at radius 2 is 1.39 bits per heavy atom. The van der Waals surface area contributed by atoms with Gasteiger partial charge in [-0.15, -0.1) is 0 Å². The molecular formula is C23H23N5O8. The van der Waals surface area contributed by atoms with Crippen LogP contribution in [0, 0.1) is 20.2 Å². The molecule has 13 heteroatoms. The van der Waals surface area contributed by atoms with E-state index >= 15 is 0 Å². The molecule has 2 aliphatic heterocycles. The third-order valence-electron chi connectivity index (χ3n) is 5.90. The predicted molar refractivity (Wildman–Crippen MR) is 125 cm³/mol. The molecule has 2 aromatic rings. The summed E-state index contributed by atoms with van der Waals surface area (Å²) in [5.74, 6) is 0.438. The number of non-ortho nitro benzene ring substituents is 2. The molecule has 0 N–H and O–H groups in total. The Morgan fingerprint density at radius 1 is 0.861 bits per heavy atom. The average molecular weight is 497 g/mol.